The van der Waals surface area contributed by atoms with E-state index in [1.165, 1.54) is 11.8 Å². The first kappa shape index (κ1) is 72.8. The highest BCUT2D eigenvalue weighted by molar-refractivity contribution is 6.00. The summed E-state index contributed by atoms with van der Waals surface area (Å²) in [5.74, 6) is -7.12. The number of aromatic amines is 1. The SMILES string of the molecule is CCCC[C@H](NC(C)=O)C(=O)N[C@H]1CC(=O)NCCCC[C@@H](C(N)=O)NC(=O)[C@H](CCCCN=C(N)N(CCC)CCC)NC(=O)[C@H](Cc2c[nH]c3ccccc23)NC(=O)[C@H](CCCN=C(N)N)NC(=O)[C@@H](Cc2ccc3ccccc3c2)NC(=O)[C@@H]2CCCN2C1=O. The predicted octanol–water partition coefficient (Wildman–Crippen LogP) is 1.54. The molecule has 1 aromatic heterocycles. The number of aliphatic imine (C=N–C) groups is 2. The minimum Gasteiger partial charge on any atom is -0.370 e. The molecule has 2 aliphatic rings. The zero-order chi connectivity index (χ0) is 67.4. The lowest BCUT2D eigenvalue weighted by molar-refractivity contribution is -0.143. The second-order valence-corrected chi connectivity index (χ2v) is 24.0. The molecular formula is C66H97N17O10. The lowest BCUT2D eigenvalue weighted by Gasteiger charge is -2.31. The Morgan fingerprint density at radius 1 is 0.667 bits per heavy atom. The van der Waals surface area contributed by atoms with E-state index < -0.39 is 114 Å². The average molecular weight is 1290 g/mol. The number of nitrogens with one attached hydrogen (secondary N) is 9. The molecule has 4 aromatic rings. The number of nitrogens with two attached hydrogens (primary N) is 4. The summed E-state index contributed by atoms with van der Waals surface area (Å²) in [4.78, 5) is 158. The summed E-state index contributed by atoms with van der Waals surface area (Å²) < 4.78 is 0. The number of amides is 10. The standard InChI is InChI=1S/C66H97N17O10/c1-5-8-22-49(75-41(4)84)58(87)81-54-39-56(85)71-30-15-13-24-48(57(67)86)76-59(88)50(25-14-16-31-73-66(70)82(33-6-2)34-7-3)77-62(91)53(38-45-40-74-47-23-12-11-21-46(45)47)79-60(89)51(26-17-32-72-65(68)69)78-61(90)52(80-63(92)55-27-18-35-83(55)64(54)93)37-42-28-29-43-19-9-10-20-44(43)36-42/h9-12,19-21,23,28-29,36,40,48-55,74H,5-8,13-18,22,24-27,30-35,37-39H2,1-4H3,(H2,67,86)(H2,70,73)(H,71,85)(H,75,84)(H,76,88)(H,77,91)(H,78,90)(H,79,89)(H,80,92)(H,81,87)(H4,68,69,72)/t48-,49-,50-,51-,52+,53-,54-,55-/m0/s1. The van der Waals surface area contributed by atoms with Crippen molar-refractivity contribution in [1.82, 2.24) is 57.3 Å². The van der Waals surface area contributed by atoms with Crippen LogP contribution in [0, 0.1) is 0 Å². The van der Waals surface area contributed by atoms with E-state index in [1.807, 2.05) is 92.4 Å². The molecule has 17 N–H and O–H groups in total. The highest BCUT2D eigenvalue weighted by Crippen LogP contribution is 2.23. The fraction of sp³-hybridized carbons (Fsp3) is 0.545. The van der Waals surface area contributed by atoms with Crippen molar-refractivity contribution in [3.8, 4) is 0 Å². The van der Waals surface area contributed by atoms with Gasteiger partial charge in [0.25, 0.3) is 0 Å². The van der Waals surface area contributed by atoms with Crippen LogP contribution in [0.2, 0.25) is 0 Å². The molecule has 93 heavy (non-hydrogen) atoms. The van der Waals surface area contributed by atoms with Crippen LogP contribution in [0.5, 0.6) is 0 Å². The lowest BCUT2D eigenvalue weighted by Crippen LogP contribution is -2.60. The first-order valence-corrected chi connectivity index (χ1v) is 32.8. The largest absolute Gasteiger partial charge is 0.370 e. The molecule has 10 amide bonds. The molecule has 3 aromatic carbocycles. The molecule has 3 heterocycles. The van der Waals surface area contributed by atoms with Crippen molar-refractivity contribution in [2.45, 2.75) is 192 Å². The van der Waals surface area contributed by atoms with Gasteiger partial charge >= 0.3 is 0 Å². The van der Waals surface area contributed by atoms with Gasteiger partial charge in [-0.2, -0.15) is 0 Å². The molecule has 6 rings (SSSR count). The van der Waals surface area contributed by atoms with Crippen LogP contribution >= 0.6 is 0 Å². The van der Waals surface area contributed by atoms with Crippen LogP contribution in [-0.2, 0) is 60.8 Å². The number of rotatable bonds is 24. The smallest absolute Gasteiger partial charge is 0.246 e. The molecule has 8 atom stereocenters. The van der Waals surface area contributed by atoms with Crippen LogP contribution < -0.4 is 65.5 Å². The van der Waals surface area contributed by atoms with Crippen LogP contribution in [0.15, 0.2) is 82.9 Å². The Kier molecular flexibility index (Phi) is 29.2. The number of fused-ring (bicyclic) bond motifs is 3. The van der Waals surface area contributed by atoms with Crippen molar-refractivity contribution >= 4 is 92.7 Å². The number of carbonyl (C=O) groups is 10. The first-order chi connectivity index (χ1) is 44.7. The molecule has 0 unspecified atom stereocenters. The number of primary amides is 1. The van der Waals surface area contributed by atoms with Gasteiger partial charge in [-0.05, 0) is 111 Å². The number of aromatic nitrogens is 1. The maximum Gasteiger partial charge on any atom is 0.246 e. The Labute approximate surface area is 543 Å². The van der Waals surface area contributed by atoms with E-state index in [2.05, 4.69) is 57.5 Å². The van der Waals surface area contributed by atoms with Gasteiger partial charge in [0.05, 0.1) is 6.42 Å². The van der Waals surface area contributed by atoms with Crippen molar-refractivity contribution in [1.29, 1.82) is 0 Å². The number of hydrogen-bond acceptors (Lipinski definition) is 12. The third kappa shape index (κ3) is 22.8. The minimum absolute atomic E-state index is 0.0220. The normalized spacial score (nSPS) is 21.5. The fourth-order valence-corrected chi connectivity index (χ4v) is 11.7. The van der Waals surface area contributed by atoms with Gasteiger partial charge < -0.3 is 80.3 Å². The van der Waals surface area contributed by atoms with Gasteiger partial charge in [-0.15, -0.1) is 0 Å². The molecular weight excluding hydrogens is 1190 g/mol. The number of hydrogen-bond donors (Lipinski definition) is 13. The van der Waals surface area contributed by atoms with Gasteiger partial charge in [0, 0.05) is 76.1 Å². The Morgan fingerprint density at radius 2 is 1.30 bits per heavy atom. The van der Waals surface area contributed by atoms with Gasteiger partial charge in [0.2, 0.25) is 59.1 Å². The zero-order valence-corrected chi connectivity index (χ0v) is 54.2. The van der Waals surface area contributed by atoms with E-state index in [1.54, 1.807) is 6.20 Å². The highest BCUT2D eigenvalue weighted by Gasteiger charge is 2.41. The molecule has 506 valence electrons. The second-order valence-electron chi connectivity index (χ2n) is 24.0. The van der Waals surface area contributed by atoms with E-state index in [4.69, 9.17) is 22.9 Å². The summed E-state index contributed by atoms with van der Waals surface area (Å²) in [6.45, 7) is 9.16. The number of unbranched alkanes of at least 4 members (excludes halogenated alkanes) is 2. The van der Waals surface area contributed by atoms with Crippen molar-refractivity contribution < 1.29 is 47.9 Å². The Balaban J connectivity index is 1.41. The van der Waals surface area contributed by atoms with Crippen molar-refractivity contribution in [3.63, 3.8) is 0 Å². The van der Waals surface area contributed by atoms with Crippen molar-refractivity contribution in [2.75, 3.05) is 39.3 Å². The maximum atomic E-state index is 15.2. The Bertz CT molecular complexity index is 3270. The minimum atomic E-state index is -1.52. The monoisotopic (exact) mass is 1290 g/mol. The molecule has 2 fully saturated rings. The van der Waals surface area contributed by atoms with E-state index in [-0.39, 0.29) is 89.8 Å². The molecule has 0 radical (unpaired) electrons. The Hall–Kier alpha value is -9.30. The maximum absolute atomic E-state index is 15.2. The molecule has 2 aliphatic heterocycles. The van der Waals surface area contributed by atoms with E-state index in [9.17, 15) is 33.6 Å². The number of para-hydroxylation sites is 1. The molecule has 2 saturated heterocycles. The number of benzene rings is 3. The second kappa shape index (κ2) is 37.3. The number of guanidine groups is 2. The third-order valence-corrected chi connectivity index (χ3v) is 16.6. The van der Waals surface area contributed by atoms with Crippen LogP contribution in [0.1, 0.15) is 142 Å². The van der Waals surface area contributed by atoms with Crippen LogP contribution in [0.3, 0.4) is 0 Å². The van der Waals surface area contributed by atoms with E-state index >= 15 is 14.4 Å². The molecule has 0 spiro atoms. The van der Waals surface area contributed by atoms with Crippen LogP contribution in [0.4, 0.5) is 0 Å². The summed E-state index contributed by atoms with van der Waals surface area (Å²) >= 11 is 0. The van der Waals surface area contributed by atoms with E-state index in [0.29, 0.717) is 55.7 Å². The van der Waals surface area contributed by atoms with Crippen LogP contribution in [-0.4, -0.2) is 173 Å². The lowest BCUT2D eigenvalue weighted by atomic mass is 9.99. The van der Waals surface area contributed by atoms with Gasteiger partial charge in [-0.1, -0.05) is 94.3 Å². The van der Waals surface area contributed by atoms with Crippen molar-refractivity contribution in [3.05, 3.63) is 84.1 Å². The summed E-state index contributed by atoms with van der Waals surface area (Å²) in [6.07, 6.45) is 6.08. The Morgan fingerprint density at radius 3 is 1.99 bits per heavy atom. The van der Waals surface area contributed by atoms with Gasteiger partial charge in [0.15, 0.2) is 11.9 Å². The molecule has 0 bridgehead atoms. The number of H-pyrrole nitrogens is 1. The number of nitrogens with zero attached hydrogens (tertiary/aromatic N) is 4. The summed E-state index contributed by atoms with van der Waals surface area (Å²) in [5, 5.41) is 24.9. The highest BCUT2D eigenvalue weighted by atomic mass is 16.2. The summed E-state index contributed by atoms with van der Waals surface area (Å²) in [6, 6.07) is 9.99. The predicted molar refractivity (Wildman–Crippen MR) is 356 cm³/mol. The van der Waals surface area contributed by atoms with Gasteiger partial charge in [-0.25, -0.2) is 0 Å². The molecule has 27 heteroatoms. The number of carbonyl (C=O) groups excluding carboxylic acids is 10. The molecule has 27 nitrogen and oxygen atoms in total. The summed E-state index contributed by atoms with van der Waals surface area (Å²) in [7, 11) is 0. The van der Waals surface area contributed by atoms with Crippen LogP contribution in [0.25, 0.3) is 21.7 Å². The quantitative estimate of drug-likeness (QED) is 0.0269. The molecule has 0 saturated carbocycles. The third-order valence-electron chi connectivity index (χ3n) is 16.6. The first-order valence-electron chi connectivity index (χ1n) is 32.8. The topological polar surface area (TPSA) is 418 Å². The van der Waals surface area contributed by atoms with Gasteiger partial charge in [-0.3, -0.25) is 57.9 Å². The van der Waals surface area contributed by atoms with Crippen molar-refractivity contribution in [2.24, 2.45) is 32.9 Å². The summed E-state index contributed by atoms with van der Waals surface area (Å²) in [5.41, 5.74) is 25.7. The van der Waals surface area contributed by atoms with Gasteiger partial charge in [0.1, 0.15) is 48.3 Å². The zero-order valence-electron chi connectivity index (χ0n) is 54.2. The molecule has 0 aliphatic carbocycles. The fourth-order valence-electron chi connectivity index (χ4n) is 11.7. The average Bonchev–Trinajstić information content (AvgIpc) is 1.90. The van der Waals surface area contributed by atoms with E-state index in [0.717, 1.165) is 47.6 Å².